The van der Waals surface area contributed by atoms with E-state index in [-0.39, 0.29) is 17.5 Å². The van der Waals surface area contributed by atoms with Crippen LogP contribution in [0.5, 0.6) is 0 Å². The Morgan fingerprint density at radius 1 is 1.18 bits per heavy atom. The van der Waals surface area contributed by atoms with Gasteiger partial charge in [-0.05, 0) is 52.0 Å². The van der Waals surface area contributed by atoms with Gasteiger partial charge in [0.15, 0.2) is 0 Å². The smallest absolute Gasteiger partial charge is 0.237 e. The van der Waals surface area contributed by atoms with Gasteiger partial charge in [-0.3, -0.25) is 4.79 Å². The van der Waals surface area contributed by atoms with E-state index in [1.165, 1.54) is 25.7 Å². The minimum absolute atomic E-state index is 0.0357. The van der Waals surface area contributed by atoms with Gasteiger partial charge in [0.05, 0.1) is 6.04 Å². The summed E-state index contributed by atoms with van der Waals surface area (Å²) >= 11 is 0. The lowest BCUT2D eigenvalue weighted by atomic mass is 9.73. The standard InChI is InChI=1S/C14H26N2O/c1-14(2,3)16-13(17)12-8-10-6-4-5-7-11(10)9-15-12/h10-12,15H,4-9H2,1-3H3,(H,16,17)/t10-,11-,12+/m0/s1. The van der Waals surface area contributed by atoms with Crippen LogP contribution in [0.3, 0.4) is 0 Å². The van der Waals surface area contributed by atoms with E-state index in [1.54, 1.807) is 0 Å². The highest BCUT2D eigenvalue weighted by molar-refractivity contribution is 5.82. The highest BCUT2D eigenvalue weighted by Gasteiger charge is 2.35. The number of hydrogen-bond acceptors (Lipinski definition) is 2. The molecular formula is C14H26N2O. The third kappa shape index (κ3) is 3.44. The lowest BCUT2D eigenvalue weighted by molar-refractivity contribution is -0.126. The van der Waals surface area contributed by atoms with E-state index >= 15 is 0 Å². The molecule has 1 heterocycles. The molecule has 1 amide bonds. The van der Waals surface area contributed by atoms with Gasteiger partial charge in [0.25, 0.3) is 0 Å². The Bertz CT molecular complexity index is 282. The second-order valence-corrected chi connectivity index (χ2v) is 6.74. The van der Waals surface area contributed by atoms with Crippen LogP contribution >= 0.6 is 0 Å². The minimum atomic E-state index is -0.123. The zero-order chi connectivity index (χ0) is 12.5. The van der Waals surface area contributed by atoms with Gasteiger partial charge < -0.3 is 10.6 Å². The van der Waals surface area contributed by atoms with E-state index in [0.29, 0.717) is 0 Å². The summed E-state index contributed by atoms with van der Waals surface area (Å²) in [6, 6.07) is 0.0357. The largest absolute Gasteiger partial charge is 0.350 e. The van der Waals surface area contributed by atoms with Crippen LogP contribution < -0.4 is 10.6 Å². The maximum absolute atomic E-state index is 12.1. The Morgan fingerprint density at radius 2 is 1.82 bits per heavy atom. The summed E-state index contributed by atoms with van der Waals surface area (Å²) in [5.41, 5.74) is -0.123. The van der Waals surface area contributed by atoms with Crippen LogP contribution in [0.25, 0.3) is 0 Å². The second kappa shape index (κ2) is 4.97. The molecule has 0 spiro atoms. The predicted molar refractivity (Wildman–Crippen MR) is 69.8 cm³/mol. The average Bonchev–Trinajstić information content (AvgIpc) is 2.26. The van der Waals surface area contributed by atoms with Crippen molar-refractivity contribution in [1.82, 2.24) is 10.6 Å². The molecule has 1 saturated carbocycles. The maximum atomic E-state index is 12.1. The molecule has 3 atom stereocenters. The summed E-state index contributed by atoms with van der Waals surface area (Å²) in [5, 5.41) is 6.51. The zero-order valence-corrected chi connectivity index (χ0v) is 11.4. The number of nitrogens with one attached hydrogen (secondary N) is 2. The molecule has 3 nitrogen and oxygen atoms in total. The first-order chi connectivity index (χ1) is 7.96. The monoisotopic (exact) mass is 238 g/mol. The second-order valence-electron chi connectivity index (χ2n) is 6.74. The fourth-order valence-electron chi connectivity index (χ4n) is 3.20. The van der Waals surface area contributed by atoms with Crippen LogP contribution in [0.15, 0.2) is 0 Å². The molecule has 2 aliphatic rings. The molecule has 3 heteroatoms. The molecule has 17 heavy (non-hydrogen) atoms. The quantitative estimate of drug-likeness (QED) is 0.734. The number of amides is 1. The summed E-state index contributed by atoms with van der Waals surface area (Å²) in [6.45, 7) is 7.15. The van der Waals surface area contributed by atoms with Crippen molar-refractivity contribution >= 4 is 5.91 Å². The fraction of sp³-hybridized carbons (Fsp3) is 0.929. The molecule has 0 aromatic carbocycles. The van der Waals surface area contributed by atoms with Gasteiger partial charge in [0.1, 0.15) is 0 Å². The van der Waals surface area contributed by atoms with Crippen molar-refractivity contribution in [2.75, 3.05) is 6.54 Å². The van der Waals surface area contributed by atoms with Crippen LogP contribution in [0, 0.1) is 11.8 Å². The third-order valence-corrected chi connectivity index (χ3v) is 4.05. The fourth-order valence-corrected chi connectivity index (χ4v) is 3.20. The van der Waals surface area contributed by atoms with Crippen LogP contribution in [0.1, 0.15) is 52.9 Å². The average molecular weight is 238 g/mol. The first-order valence-electron chi connectivity index (χ1n) is 7.01. The molecule has 0 radical (unpaired) electrons. The van der Waals surface area contributed by atoms with Gasteiger partial charge in [-0.25, -0.2) is 0 Å². The van der Waals surface area contributed by atoms with Gasteiger partial charge in [0.2, 0.25) is 5.91 Å². The highest BCUT2D eigenvalue weighted by atomic mass is 16.2. The lowest BCUT2D eigenvalue weighted by Crippen LogP contribution is -2.55. The molecule has 0 aromatic heterocycles. The molecule has 0 aromatic rings. The molecule has 1 aliphatic carbocycles. The molecular weight excluding hydrogens is 212 g/mol. The molecule has 1 aliphatic heterocycles. The summed E-state index contributed by atoms with van der Waals surface area (Å²) < 4.78 is 0. The number of hydrogen-bond donors (Lipinski definition) is 2. The van der Waals surface area contributed by atoms with E-state index in [0.717, 1.165) is 24.8 Å². The summed E-state index contributed by atoms with van der Waals surface area (Å²) in [7, 11) is 0. The predicted octanol–water partition coefficient (Wildman–Crippen LogP) is 2.07. The maximum Gasteiger partial charge on any atom is 0.237 e. The van der Waals surface area contributed by atoms with E-state index in [9.17, 15) is 4.79 Å². The molecule has 98 valence electrons. The summed E-state index contributed by atoms with van der Waals surface area (Å²) in [6.07, 6.45) is 6.44. The number of fused-ring (bicyclic) bond motifs is 1. The van der Waals surface area contributed by atoms with Crippen molar-refractivity contribution < 1.29 is 4.79 Å². The lowest BCUT2D eigenvalue weighted by Gasteiger charge is -2.40. The number of carbonyl (C=O) groups excluding carboxylic acids is 1. The third-order valence-electron chi connectivity index (χ3n) is 4.05. The Kier molecular flexibility index (Phi) is 3.76. The van der Waals surface area contributed by atoms with Crippen molar-refractivity contribution in [3.63, 3.8) is 0 Å². The molecule has 2 fully saturated rings. The molecule has 0 bridgehead atoms. The van der Waals surface area contributed by atoms with Crippen molar-refractivity contribution in [1.29, 1.82) is 0 Å². The summed E-state index contributed by atoms with van der Waals surface area (Å²) in [5.74, 6) is 1.78. The minimum Gasteiger partial charge on any atom is -0.350 e. The molecule has 0 unspecified atom stereocenters. The van der Waals surface area contributed by atoms with Crippen LogP contribution in [0.4, 0.5) is 0 Å². The highest BCUT2D eigenvalue weighted by Crippen LogP contribution is 2.35. The first kappa shape index (κ1) is 12.9. The molecule has 2 rings (SSSR count). The Morgan fingerprint density at radius 3 is 2.47 bits per heavy atom. The van der Waals surface area contributed by atoms with Gasteiger partial charge in [-0.2, -0.15) is 0 Å². The number of piperidine rings is 1. The van der Waals surface area contributed by atoms with Crippen molar-refractivity contribution in [2.45, 2.75) is 64.5 Å². The number of rotatable bonds is 1. The van der Waals surface area contributed by atoms with Crippen molar-refractivity contribution in [3.8, 4) is 0 Å². The van der Waals surface area contributed by atoms with Crippen molar-refractivity contribution in [2.24, 2.45) is 11.8 Å². The van der Waals surface area contributed by atoms with E-state index in [2.05, 4.69) is 10.6 Å². The SMILES string of the molecule is CC(C)(C)NC(=O)[C@H]1C[C@@H]2CCCC[C@H]2CN1. The van der Waals surface area contributed by atoms with Crippen molar-refractivity contribution in [3.05, 3.63) is 0 Å². The van der Waals surface area contributed by atoms with Crippen LogP contribution in [-0.4, -0.2) is 24.0 Å². The first-order valence-corrected chi connectivity index (χ1v) is 7.01. The van der Waals surface area contributed by atoms with E-state index in [1.807, 2.05) is 20.8 Å². The van der Waals surface area contributed by atoms with Gasteiger partial charge >= 0.3 is 0 Å². The Labute approximate surface area is 105 Å². The van der Waals surface area contributed by atoms with E-state index < -0.39 is 0 Å². The van der Waals surface area contributed by atoms with Gasteiger partial charge in [-0.15, -0.1) is 0 Å². The van der Waals surface area contributed by atoms with Gasteiger partial charge in [-0.1, -0.05) is 19.3 Å². The Hall–Kier alpha value is -0.570. The van der Waals surface area contributed by atoms with E-state index in [4.69, 9.17) is 0 Å². The van der Waals surface area contributed by atoms with Crippen LogP contribution in [0.2, 0.25) is 0 Å². The van der Waals surface area contributed by atoms with Gasteiger partial charge in [0, 0.05) is 5.54 Å². The Balaban J connectivity index is 1.89. The topological polar surface area (TPSA) is 41.1 Å². The van der Waals surface area contributed by atoms with Crippen LogP contribution in [-0.2, 0) is 4.79 Å². The zero-order valence-electron chi connectivity index (χ0n) is 11.4. The molecule has 2 N–H and O–H groups in total. The number of carbonyl (C=O) groups is 1. The summed E-state index contributed by atoms with van der Waals surface area (Å²) in [4.78, 5) is 12.1. The molecule has 1 saturated heterocycles. The normalized spacial score (nSPS) is 33.9.